The third-order valence-electron chi connectivity index (χ3n) is 2.46. The molecule has 0 saturated heterocycles. The van der Waals surface area contributed by atoms with Gasteiger partial charge in [0.05, 0.1) is 6.04 Å². The average molecular weight is 224 g/mol. The Morgan fingerprint density at radius 3 is 2.56 bits per heavy atom. The van der Waals surface area contributed by atoms with Crippen LogP contribution < -0.4 is 11.1 Å². The quantitative estimate of drug-likeness (QED) is 0.825. The molecule has 1 atom stereocenters. The zero-order valence-corrected chi connectivity index (χ0v) is 9.75. The molecule has 0 aliphatic heterocycles. The van der Waals surface area contributed by atoms with Crippen LogP contribution in [0, 0.1) is 18.7 Å². The van der Waals surface area contributed by atoms with E-state index in [0.717, 1.165) is 0 Å². The van der Waals surface area contributed by atoms with Gasteiger partial charge in [0, 0.05) is 5.69 Å². The molecule has 0 fully saturated rings. The Kier molecular flexibility index (Phi) is 4.01. The van der Waals surface area contributed by atoms with E-state index in [9.17, 15) is 9.18 Å². The minimum atomic E-state index is -0.579. The number of rotatable bonds is 3. The number of carbonyl (C=O) groups excluding carboxylic acids is 1. The van der Waals surface area contributed by atoms with E-state index in [2.05, 4.69) is 5.32 Å². The Bertz CT molecular complexity index is 391. The maximum atomic E-state index is 13.2. The van der Waals surface area contributed by atoms with E-state index < -0.39 is 6.04 Å². The van der Waals surface area contributed by atoms with Crippen molar-refractivity contribution in [3.8, 4) is 0 Å². The van der Waals surface area contributed by atoms with Gasteiger partial charge in [0.1, 0.15) is 5.82 Å². The van der Waals surface area contributed by atoms with Gasteiger partial charge in [-0.25, -0.2) is 4.39 Å². The second-order valence-corrected chi connectivity index (χ2v) is 4.22. The van der Waals surface area contributed by atoms with Crippen LogP contribution in [0.25, 0.3) is 0 Å². The second kappa shape index (κ2) is 5.07. The predicted octanol–water partition coefficient (Wildman–Crippen LogP) is 2.06. The predicted molar refractivity (Wildman–Crippen MR) is 62.6 cm³/mol. The minimum Gasteiger partial charge on any atom is -0.325 e. The van der Waals surface area contributed by atoms with Crippen molar-refractivity contribution in [1.82, 2.24) is 0 Å². The van der Waals surface area contributed by atoms with Crippen molar-refractivity contribution in [2.45, 2.75) is 26.8 Å². The van der Waals surface area contributed by atoms with Crippen LogP contribution in [0.4, 0.5) is 10.1 Å². The van der Waals surface area contributed by atoms with Crippen molar-refractivity contribution >= 4 is 11.6 Å². The number of anilines is 1. The van der Waals surface area contributed by atoms with Gasteiger partial charge in [0.15, 0.2) is 0 Å². The third-order valence-corrected chi connectivity index (χ3v) is 2.46. The lowest BCUT2D eigenvalue weighted by molar-refractivity contribution is -0.118. The summed E-state index contributed by atoms with van der Waals surface area (Å²) in [4.78, 5) is 11.6. The number of nitrogens with one attached hydrogen (secondary N) is 1. The molecule has 0 spiro atoms. The van der Waals surface area contributed by atoms with Gasteiger partial charge in [-0.3, -0.25) is 4.79 Å². The highest BCUT2D eigenvalue weighted by atomic mass is 19.1. The summed E-state index contributed by atoms with van der Waals surface area (Å²) < 4.78 is 13.2. The summed E-state index contributed by atoms with van der Waals surface area (Å²) in [6.07, 6.45) is 0. The number of hydrogen-bond donors (Lipinski definition) is 2. The molecule has 0 heterocycles. The summed E-state index contributed by atoms with van der Waals surface area (Å²) in [7, 11) is 0. The van der Waals surface area contributed by atoms with Crippen LogP contribution in [0.1, 0.15) is 19.4 Å². The Morgan fingerprint density at radius 1 is 1.44 bits per heavy atom. The van der Waals surface area contributed by atoms with Gasteiger partial charge in [-0.1, -0.05) is 19.9 Å². The number of benzene rings is 1. The smallest absolute Gasteiger partial charge is 0.241 e. The molecule has 0 aliphatic carbocycles. The molecule has 1 rings (SSSR count). The van der Waals surface area contributed by atoms with Gasteiger partial charge in [-0.15, -0.1) is 0 Å². The molecule has 1 unspecified atom stereocenters. The molecular formula is C12H17FN2O. The fourth-order valence-corrected chi connectivity index (χ4v) is 1.20. The van der Waals surface area contributed by atoms with Crippen LogP contribution in [0.15, 0.2) is 18.2 Å². The van der Waals surface area contributed by atoms with Crippen molar-refractivity contribution in [3.05, 3.63) is 29.6 Å². The Balaban J connectivity index is 2.74. The average Bonchev–Trinajstić information content (AvgIpc) is 2.22. The molecule has 0 bridgehead atoms. The van der Waals surface area contributed by atoms with E-state index in [1.165, 1.54) is 6.07 Å². The number of halogens is 1. The molecule has 3 nitrogen and oxygen atoms in total. The molecule has 3 N–H and O–H groups in total. The van der Waals surface area contributed by atoms with Gasteiger partial charge >= 0.3 is 0 Å². The van der Waals surface area contributed by atoms with E-state index >= 15 is 0 Å². The van der Waals surface area contributed by atoms with Crippen molar-refractivity contribution in [2.24, 2.45) is 11.7 Å². The highest BCUT2D eigenvalue weighted by Crippen LogP contribution is 2.14. The number of hydrogen-bond acceptors (Lipinski definition) is 2. The summed E-state index contributed by atoms with van der Waals surface area (Å²) in [6, 6.07) is 3.99. The summed E-state index contributed by atoms with van der Waals surface area (Å²) in [5, 5.41) is 2.59. The maximum Gasteiger partial charge on any atom is 0.241 e. The van der Waals surface area contributed by atoms with Gasteiger partial charge in [-0.05, 0) is 30.5 Å². The van der Waals surface area contributed by atoms with Gasteiger partial charge < -0.3 is 11.1 Å². The first-order chi connectivity index (χ1) is 7.41. The highest BCUT2D eigenvalue weighted by molar-refractivity contribution is 5.94. The Hall–Kier alpha value is -1.42. The summed E-state index contributed by atoms with van der Waals surface area (Å²) >= 11 is 0. The molecule has 16 heavy (non-hydrogen) atoms. The third kappa shape index (κ3) is 3.03. The lowest BCUT2D eigenvalue weighted by atomic mass is 10.0. The SMILES string of the molecule is Cc1ccc(NC(=O)C(N)C(C)C)cc1F. The van der Waals surface area contributed by atoms with Gasteiger partial charge in [0.2, 0.25) is 5.91 Å². The first-order valence-corrected chi connectivity index (χ1v) is 5.24. The van der Waals surface area contributed by atoms with Gasteiger partial charge in [-0.2, -0.15) is 0 Å². The lowest BCUT2D eigenvalue weighted by Gasteiger charge is -2.15. The monoisotopic (exact) mass is 224 g/mol. The van der Waals surface area contributed by atoms with Crippen molar-refractivity contribution in [1.29, 1.82) is 0 Å². The Morgan fingerprint density at radius 2 is 2.06 bits per heavy atom. The first kappa shape index (κ1) is 12.6. The van der Waals surface area contributed by atoms with E-state index in [-0.39, 0.29) is 17.6 Å². The largest absolute Gasteiger partial charge is 0.325 e. The number of amides is 1. The van der Waals surface area contributed by atoms with Crippen LogP contribution in [0.5, 0.6) is 0 Å². The van der Waals surface area contributed by atoms with E-state index in [1.54, 1.807) is 19.1 Å². The first-order valence-electron chi connectivity index (χ1n) is 5.24. The molecule has 1 aromatic carbocycles. The summed E-state index contributed by atoms with van der Waals surface area (Å²) in [5.74, 6) is -0.579. The zero-order chi connectivity index (χ0) is 12.3. The van der Waals surface area contributed by atoms with Gasteiger partial charge in [0.25, 0.3) is 0 Å². The fourth-order valence-electron chi connectivity index (χ4n) is 1.20. The number of carbonyl (C=O) groups is 1. The Labute approximate surface area is 94.8 Å². The minimum absolute atomic E-state index is 0.0512. The topological polar surface area (TPSA) is 55.1 Å². The summed E-state index contributed by atoms with van der Waals surface area (Å²) in [6.45, 7) is 5.39. The normalized spacial score (nSPS) is 12.6. The van der Waals surface area contributed by atoms with E-state index in [1.807, 2.05) is 13.8 Å². The van der Waals surface area contributed by atoms with Crippen LogP contribution in [0.3, 0.4) is 0 Å². The molecule has 0 aliphatic rings. The summed E-state index contributed by atoms with van der Waals surface area (Å²) in [5.41, 5.74) is 6.65. The highest BCUT2D eigenvalue weighted by Gasteiger charge is 2.17. The van der Waals surface area contributed by atoms with E-state index in [4.69, 9.17) is 5.73 Å². The number of aryl methyl sites for hydroxylation is 1. The fraction of sp³-hybridized carbons (Fsp3) is 0.417. The van der Waals surface area contributed by atoms with E-state index in [0.29, 0.717) is 11.3 Å². The van der Waals surface area contributed by atoms with Crippen LogP contribution in [0.2, 0.25) is 0 Å². The second-order valence-electron chi connectivity index (χ2n) is 4.22. The van der Waals surface area contributed by atoms with Crippen molar-refractivity contribution in [2.75, 3.05) is 5.32 Å². The van der Waals surface area contributed by atoms with Crippen molar-refractivity contribution < 1.29 is 9.18 Å². The number of nitrogens with two attached hydrogens (primary N) is 1. The molecule has 1 aromatic rings. The zero-order valence-electron chi connectivity index (χ0n) is 9.75. The van der Waals surface area contributed by atoms with Crippen molar-refractivity contribution in [3.63, 3.8) is 0 Å². The standard InChI is InChI=1S/C12H17FN2O/c1-7(2)11(14)12(16)15-9-5-4-8(3)10(13)6-9/h4-7,11H,14H2,1-3H3,(H,15,16). The van der Waals surface area contributed by atoms with Crippen LogP contribution in [-0.4, -0.2) is 11.9 Å². The molecule has 0 aromatic heterocycles. The maximum absolute atomic E-state index is 13.2. The molecular weight excluding hydrogens is 207 g/mol. The molecule has 1 amide bonds. The molecule has 88 valence electrons. The van der Waals surface area contributed by atoms with Crippen LogP contribution in [-0.2, 0) is 4.79 Å². The van der Waals surface area contributed by atoms with Crippen LogP contribution >= 0.6 is 0 Å². The molecule has 0 saturated carbocycles. The molecule has 0 radical (unpaired) electrons. The lowest BCUT2D eigenvalue weighted by Crippen LogP contribution is -2.39. The molecule has 4 heteroatoms.